The molecule has 30 heavy (non-hydrogen) atoms. The lowest BCUT2D eigenvalue weighted by Gasteiger charge is -2.39. The first-order valence-electron chi connectivity index (χ1n) is 9.76. The summed E-state index contributed by atoms with van der Waals surface area (Å²) >= 11 is 0. The van der Waals surface area contributed by atoms with Crippen LogP contribution in [0, 0.1) is 11.3 Å². The summed E-state index contributed by atoms with van der Waals surface area (Å²) in [4.78, 5) is 5.99. The Hall–Kier alpha value is -2.77. The second-order valence-corrected chi connectivity index (χ2v) is 7.05. The van der Waals surface area contributed by atoms with Gasteiger partial charge in [-0.15, -0.1) is 0 Å². The molecule has 0 bridgehead atoms. The molecule has 2 aliphatic rings. The van der Waals surface area contributed by atoms with Crippen LogP contribution in [0.1, 0.15) is 31.2 Å². The number of nitriles is 1. The van der Waals surface area contributed by atoms with E-state index < -0.39 is 19.1 Å². The maximum Gasteiger partial charge on any atom is 0.422 e. The molecule has 0 aromatic heterocycles. The normalized spacial score (nSPS) is 20.8. The van der Waals surface area contributed by atoms with Crippen molar-refractivity contribution >= 4 is 5.84 Å². The van der Waals surface area contributed by atoms with Crippen molar-refractivity contribution in [3.05, 3.63) is 47.4 Å². The molecule has 1 atom stereocenters. The molecule has 1 saturated heterocycles. The van der Waals surface area contributed by atoms with E-state index in [4.69, 9.17) is 4.74 Å². The molecule has 2 N–H and O–H groups in total. The SMILES string of the molecule is CCNN1C(OCC(F)(F)F)=C(C#N)C(N2CCC(c3ccccc3)CC2)=NC1O. The fourth-order valence-electron chi connectivity index (χ4n) is 3.66. The molecule has 1 aromatic carbocycles. The van der Waals surface area contributed by atoms with Gasteiger partial charge >= 0.3 is 6.18 Å². The maximum absolute atomic E-state index is 12.7. The van der Waals surface area contributed by atoms with Gasteiger partial charge in [0, 0.05) is 19.6 Å². The van der Waals surface area contributed by atoms with Gasteiger partial charge in [-0.1, -0.05) is 37.3 Å². The average Bonchev–Trinajstić information content (AvgIpc) is 2.74. The van der Waals surface area contributed by atoms with E-state index in [9.17, 15) is 23.5 Å². The smallest absolute Gasteiger partial charge is 0.422 e. The fraction of sp³-hybridized carbons (Fsp3) is 0.500. The van der Waals surface area contributed by atoms with Gasteiger partial charge in [-0.25, -0.2) is 15.4 Å². The van der Waals surface area contributed by atoms with Crippen molar-refractivity contribution in [2.75, 3.05) is 26.2 Å². The van der Waals surface area contributed by atoms with Gasteiger partial charge in [-0.05, 0) is 24.3 Å². The predicted octanol–water partition coefficient (Wildman–Crippen LogP) is 2.69. The number of hydrogen-bond acceptors (Lipinski definition) is 7. The van der Waals surface area contributed by atoms with Gasteiger partial charge < -0.3 is 14.7 Å². The largest absolute Gasteiger partial charge is 0.467 e. The first kappa shape index (κ1) is 21.9. The third-order valence-electron chi connectivity index (χ3n) is 5.00. The van der Waals surface area contributed by atoms with E-state index in [1.807, 2.05) is 29.2 Å². The van der Waals surface area contributed by atoms with Crippen LogP contribution in [0.25, 0.3) is 0 Å². The number of aliphatic imine (C=N–C) groups is 1. The Kier molecular flexibility index (Phi) is 6.84. The molecule has 0 aliphatic carbocycles. The summed E-state index contributed by atoms with van der Waals surface area (Å²) in [6.45, 7) is 1.54. The predicted molar refractivity (Wildman–Crippen MR) is 104 cm³/mol. The lowest BCUT2D eigenvalue weighted by Crippen LogP contribution is -2.51. The number of likely N-dealkylation sites (tertiary alicyclic amines) is 1. The lowest BCUT2D eigenvalue weighted by molar-refractivity contribution is -0.177. The minimum Gasteiger partial charge on any atom is -0.467 e. The van der Waals surface area contributed by atoms with E-state index in [1.165, 1.54) is 5.56 Å². The Balaban J connectivity index is 1.82. The number of amidine groups is 1. The molecule has 162 valence electrons. The number of rotatable bonds is 5. The van der Waals surface area contributed by atoms with Gasteiger partial charge in [-0.3, -0.25) is 0 Å². The van der Waals surface area contributed by atoms with Crippen LogP contribution in [0.5, 0.6) is 0 Å². The number of hydrogen-bond donors (Lipinski definition) is 2. The molecular weight excluding hydrogens is 399 g/mol. The molecule has 2 heterocycles. The lowest BCUT2D eigenvalue weighted by atomic mass is 9.89. The average molecular weight is 423 g/mol. The summed E-state index contributed by atoms with van der Waals surface area (Å²) in [5.74, 6) is 0.132. The molecule has 0 saturated carbocycles. The van der Waals surface area contributed by atoms with Gasteiger partial charge in [0.1, 0.15) is 6.07 Å². The van der Waals surface area contributed by atoms with Crippen LogP contribution in [-0.2, 0) is 4.74 Å². The summed E-state index contributed by atoms with van der Waals surface area (Å²) in [5, 5.41) is 21.0. The van der Waals surface area contributed by atoms with Crippen molar-refractivity contribution in [2.24, 2.45) is 4.99 Å². The number of piperidine rings is 1. The molecular formula is C20H24F3N5O2. The zero-order valence-electron chi connectivity index (χ0n) is 16.6. The Bertz CT molecular complexity index is 827. The topological polar surface area (TPSA) is 84.1 Å². The third kappa shape index (κ3) is 5.04. The second kappa shape index (κ2) is 9.36. The molecule has 10 heteroatoms. The van der Waals surface area contributed by atoms with Gasteiger partial charge in [0.05, 0.1) is 0 Å². The molecule has 0 spiro atoms. The molecule has 7 nitrogen and oxygen atoms in total. The summed E-state index contributed by atoms with van der Waals surface area (Å²) in [6, 6.07) is 12.0. The number of aliphatic hydroxyl groups is 1. The van der Waals surface area contributed by atoms with Crippen LogP contribution in [0.2, 0.25) is 0 Å². The second-order valence-electron chi connectivity index (χ2n) is 7.05. The van der Waals surface area contributed by atoms with Gasteiger partial charge in [0.25, 0.3) is 0 Å². The molecule has 1 unspecified atom stereocenters. The number of nitrogens with zero attached hydrogens (tertiary/aromatic N) is 4. The quantitative estimate of drug-likeness (QED) is 0.758. The molecule has 2 aliphatic heterocycles. The summed E-state index contributed by atoms with van der Waals surface area (Å²) < 4.78 is 43.1. The van der Waals surface area contributed by atoms with E-state index in [0.717, 1.165) is 17.9 Å². The first-order chi connectivity index (χ1) is 14.3. The maximum atomic E-state index is 12.7. The van der Waals surface area contributed by atoms with Crippen molar-refractivity contribution in [3.8, 4) is 6.07 Å². The minimum absolute atomic E-state index is 0.135. The number of benzene rings is 1. The van der Waals surface area contributed by atoms with Crippen molar-refractivity contribution in [1.29, 1.82) is 5.26 Å². The van der Waals surface area contributed by atoms with Crippen LogP contribution in [0.3, 0.4) is 0 Å². The van der Waals surface area contributed by atoms with Gasteiger partial charge in [0.15, 0.2) is 18.0 Å². The first-order valence-corrected chi connectivity index (χ1v) is 9.76. The highest BCUT2D eigenvalue weighted by Crippen LogP contribution is 2.31. The van der Waals surface area contributed by atoms with Crippen molar-refractivity contribution < 1.29 is 23.0 Å². The van der Waals surface area contributed by atoms with Gasteiger partial charge in [0.2, 0.25) is 12.2 Å². The van der Waals surface area contributed by atoms with Crippen LogP contribution in [-0.4, -0.2) is 59.6 Å². The van der Waals surface area contributed by atoms with Crippen LogP contribution >= 0.6 is 0 Å². The highest BCUT2D eigenvalue weighted by atomic mass is 19.4. The van der Waals surface area contributed by atoms with Crippen LogP contribution in [0.4, 0.5) is 13.2 Å². The van der Waals surface area contributed by atoms with Crippen molar-refractivity contribution in [3.63, 3.8) is 0 Å². The number of hydrazine groups is 1. The summed E-state index contributed by atoms with van der Waals surface area (Å²) in [5.41, 5.74) is 3.79. The molecule has 3 rings (SSSR count). The molecule has 1 aromatic rings. The monoisotopic (exact) mass is 423 g/mol. The standard InChI is InChI=1S/C20H24F3N5O2/c1-2-25-28-18(30-13-20(21,22)23)16(12-24)17(26-19(28)29)27-10-8-15(9-11-27)14-6-4-3-5-7-14/h3-7,15,19,25,29H,2,8-11,13H2,1H3. The van der Waals surface area contributed by atoms with Crippen molar-refractivity contribution in [2.45, 2.75) is 38.2 Å². The highest BCUT2D eigenvalue weighted by Gasteiger charge is 2.37. The Morgan fingerprint density at radius 2 is 1.93 bits per heavy atom. The molecule has 1 fully saturated rings. The van der Waals surface area contributed by atoms with E-state index in [2.05, 4.69) is 22.6 Å². The molecule has 0 radical (unpaired) electrons. The van der Waals surface area contributed by atoms with E-state index in [0.29, 0.717) is 25.6 Å². The Morgan fingerprint density at radius 1 is 1.27 bits per heavy atom. The number of aliphatic hydroxyl groups excluding tert-OH is 1. The van der Waals surface area contributed by atoms with E-state index in [1.54, 1.807) is 6.92 Å². The summed E-state index contributed by atoms with van der Waals surface area (Å²) in [7, 11) is 0. The van der Waals surface area contributed by atoms with Gasteiger partial charge in [-0.2, -0.15) is 18.4 Å². The Labute approximate surface area is 173 Å². The van der Waals surface area contributed by atoms with E-state index >= 15 is 0 Å². The number of halogens is 3. The zero-order chi connectivity index (χ0) is 21.7. The Morgan fingerprint density at radius 3 is 2.50 bits per heavy atom. The molecule has 0 amide bonds. The van der Waals surface area contributed by atoms with Crippen molar-refractivity contribution in [1.82, 2.24) is 15.3 Å². The number of ether oxygens (including phenoxy) is 1. The fourth-order valence-corrected chi connectivity index (χ4v) is 3.66. The summed E-state index contributed by atoms with van der Waals surface area (Å²) in [6.07, 6.45) is -4.49. The minimum atomic E-state index is -4.58. The highest BCUT2D eigenvalue weighted by molar-refractivity contribution is 6.02. The number of nitrogens with one attached hydrogen (secondary N) is 1. The van der Waals surface area contributed by atoms with Crippen LogP contribution < -0.4 is 5.43 Å². The number of alkyl halides is 3. The van der Waals surface area contributed by atoms with Crippen LogP contribution in [0.15, 0.2) is 46.8 Å². The zero-order valence-corrected chi connectivity index (χ0v) is 16.6. The third-order valence-corrected chi connectivity index (χ3v) is 5.00. The van der Waals surface area contributed by atoms with E-state index in [-0.39, 0.29) is 17.3 Å².